The lowest BCUT2D eigenvalue weighted by atomic mass is 9.99. The molecule has 0 aliphatic carbocycles. The molecule has 1 aliphatic heterocycles. The average Bonchev–Trinajstić information content (AvgIpc) is 3.68. The van der Waals surface area contributed by atoms with Crippen LogP contribution in [0.15, 0.2) is 161 Å². The fraction of sp³-hybridized carbons (Fsp3) is 0.0444. The van der Waals surface area contributed by atoms with Gasteiger partial charge in [-0.25, -0.2) is 15.0 Å². The van der Waals surface area contributed by atoms with E-state index in [0.717, 1.165) is 22.3 Å². The lowest BCUT2D eigenvalue weighted by molar-refractivity contribution is 1.08. The predicted octanol–water partition coefficient (Wildman–Crippen LogP) is 12.5. The Labute approximate surface area is 296 Å². The van der Waals surface area contributed by atoms with Crippen molar-refractivity contribution in [3.05, 3.63) is 152 Å². The Hall–Kier alpha value is -5.62. The van der Waals surface area contributed by atoms with E-state index in [1.165, 1.54) is 57.4 Å². The fourth-order valence-electron chi connectivity index (χ4n) is 7.59. The summed E-state index contributed by atoms with van der Waals surface area (Å²) < 4.78 is 2.52. The van der Waals surface area contributed by atoms with Crippen molar-refractivity contribution in [1.82, 2.24) is 15.0 Å². The van der Waals surface area contributed by atoms with E-state index in [1.807, 2.05) is 17.4 Å². The highest BCUT2D eigenvalue weighted by Gasteiger charge is 2.34. The summed E-state index contributed by atoms with van der Waals surface area (Å²) in [6.45, 7) is 0. The van der Waals surface area contributed by atoms with Crippen molar-refractivity contribution in [2.24, 2.45) is 0 Å². The van der Waals surface area contributed by atoms with Gasteiger partial charge in [-0.3, -0.25) is 0 Å². The van der Waals surface area contributed by atoms with Crippen LogP contribution in [0.1, 0.15) is 0 Å². The van der Waals surface area contributed by atoms with Gasteiger partial charge in [-0.2, -0.15) is 10.0 Å². The molecule has 0 saturated carbocycles. The van der Waals surface area contributed by atoms with Crippen LogP contribution in [0.25, 0.3) is 87.4 Å². The Kier molecular flexibility index (Phi) is 6.57. The fourth-order valence-corrected chi connectivity index (χ4v) is 11.4. The molecular formula is C45H31N3S2. The van der Waals surface area contributed by atoms with E-state index in [-0.39, 0.29) is 0 Å². The van der Waals surface area contributed by atoms with Crippen molar-refractivity contribution in [2.75, 3.05) is 12.5 Å². The van der Waals surface area contributed by atoms with Gasteiger partial charge in [0.15, 0.2) is 17.5 Å². The largest absolute Gasteiger partial charge is 0.208 e. The molecule has 5 heteroatoms. The summed E-state index contributed by atoms with van der Waals surface area (Å²) in [6, 6.07) is 54.2. The summed E-state index contributed by atoms with van der Waals surface area (Å²) in [5, 5.41) is 4.95. The van der Waals surface area contributed by atoms with Gasteiger partial charge in [-0.1, -0.05) is 133 Å². The standard InChI is InChI=1S/C45H31N3S2/c1-50(2)38-20-9-8-16-33(38)41-36(18-11-21-39(41)50)45-47-43(31-24-22-29(23-25-31)28-12-4-3-5-13-28)46-44(48-45)35-17-10-19-37-40(35)34-27-26-30-14-6-7-15-32(30)42(34)49-37/h3-27H,1-2H3. The molecule has 0 saturated heterocycles. The minimum absolute atomic E-state index is 0.669. The first kappa shape index (κ1) is 29.3. The smallest absolute Gasteiger partial charge is 0.164 e. The maximum absolute atomic E-state index is 5.35. The molecular weight excluding hydrogens is 647 g/mol. The predicted molar refractivity (Wildman–Crippen MR) is 213 cm³/mol. The number of thiophene rings is 1. The van der Waals surface area contributed by atoms with Gasteiger partial charge in [-0.15, -0.1) is 11.3 Å². The highest BCUT2D eigenvalue weighted by molar-refractivity contribution is 8.33. The highest BCUT2D eigenvalue weighted by atomic mass is 32.3. The summed E-state index contributed by atoms with van der Waals surface area (Å²) in [7, 11) is -1.18. The van der Waals surface area contributed by atoms with Crippen molar-refractivity contribution in [3.63, 3.8) is 0 Å². The lowest BCUT2D eigenvalue weighted by Gasteiger charge is -2.28. The molecule has 0 bridgehead atoms. The first-order chi connectivity index (χ1) is 24.5. The topological polar surface area (TPSA) is 38.7 Å². The molecule has 3 heterocycles. The number of fused-ring (bicyclic) bond motifs is 8. The normalized spacial score (nSPS) is 13.8. The van der Waals surface area contributed by atoms with E-state index in [1.54, 1.807) is 0 Å². The Morgan fingerprint density at radius 3 is 1.92 bits per heavy atom. The number of rotatable bonds is 4. The molecule has 3 nitrogen and oxygen atoms in total. The van der Waals surface area contributed by atoms with Gasteiger partial charge in [0.2, 0.25) is 0 Å². The van der Waals surface area contributed by atoms with Crippen LogP contribution in [0.5, 0.6) is 0 Å². The molecule has 9 aromatic rings. The Bertz CT molecular complexity index is 2780. The Morgan fingerprint density at radius 1 is 0.440 bits per heavy atom. The third kappa shape index (κ3) is 4.47. The van der Waals surface area contributed by atoms with E-state index in [2.05, 4.69) is 158 Å². The zero-order chi connectivity index (χ0) is 33.4. The van der Waals surface area contributed by atoms with Crippen LogP contribution in [0.2, 0.25) is 0 Å². The monoisotopic (exact) mass is 677 g/mol. The zero-order valence-electron chi connectivity index (χ0n) is 27.6. The minimum atomic E-state index is -1.18. The number of hydrogen-bond donors (Lipinski definition) is 0. The molecule has 0 fully saturated rings. The van der Waals surface area contributed by atoms with Gasteiger partial charge in [0.25, 0.3) is 0 Å². The van der Waals surface area contributed by atoms with Gasteiger partial charge in [0, 0.05) is 52.2 Å². The van der Waals surface area contributed by atoms with Gasteiger partial charge in [-0.05, 0) is 58.2 Å². The molecule has 0 atom stereocenters. The summed E-state index contributed by atoms with van der Waals surface area (Å²) in [5.74, 6) is 2.05. The second kappa shape index (κ2) is 11.2. The van der Waals surface area contributed by atoms with Crippen LogP contribution in [0.3, 0.4) is 0 Å². The van der Waals surface area contributed by atoms with Crippen molar-refractivity contribution in [1.29, 1.82) is 0 Å². The van der Waals surface area contributed by atoms with Crippen molar-refractivity contribution in [2.45, 2.75) is 9.79 Å². The summed E-state index contributed by atoms with van der Waals surface area (Å²) in [5.41, 5.74) is 7.90. The third-order valence-electron chi connectivity index (χ3n) is 10.0. The summed E-state index contributed by atoms with van der Waals surface area (Å²) in [4.78, 5) is 18.7. The maximum Gasteiger partial charge on any atom is 0.164 e. The van der Waals surface area contributed by atoms with Crippen LogP contribution >= 0.6 is 21.4 Å². The zero-order valence-corrected chi connectivity index (χ0v) is 29.2. The molecule has 238 valence electrons. The summed E-state index contributed by atoms with van der Waals surface area (Å²) in [6.07, 6.45) is 4.79. The number of benzene rings is 7. The third-order valence-corrected chi connectivity index (χ3v) is 14.1. The molecule has 0 unspecified atom stereocenters. The lowest BCUT2D eigenvalue weighted by Crippen LogP contribution is -2.01. The van der Waals surface area contributed by atoms with Crippen LogP contribution < -0.4 is 0 Å². The second-order valence-corrected chi connectivity index (χ2v) is 17.8. The first-order valence-corrected chi connectivity index (χ1v) is 20.0. The van der Waals surface area contributed by atoms with Crippen molar-refractivity contribution < 1.29 is 0 Å². The average molecular weight is 678 g/mol. The first-order valence-electron chi connectivity index (χ1n) is 16.8. The highest BCUT2D eigenvalue weighted by Crippen LogP contribution is 2.68. The molecule has 7 aromatic carbocycles. The van der Waals surface area contributed by atoms with Gasteiger partial charge >= 0.3 is 0 Å². The molecule has 1 aliphatic rings. The van der Waals surface area contributed by atoms with Gasteiger partial charge in [0.05, 0.1) is 0 Å². The van der Waals surface area contributed by atoms with Crippen LogP contribution in [0, 0.1) is 0 Å². The van der Waals surface area contributed by atoms with E-state index in [9.17, 15) is 0 Å². The van der Waals surface area contributed by atoms with E-state index in [0.29, 0.717) is 17.5 Å². The molecule has 10 rings (SSSR count). The summed E-state index contributed by atoms with van der Waals surface area (Å²) >= 11 is 1.84. The molecule has 0 radical (unpaired) electrons. The van der Waals surface area contributed by atoms with E-state index in [4.69, 9.17) is 15.0 Å². The minimum Gasteiger partial charge on any atom is -0.208 e. The van der Waals surface area contributed by atoms with Gasteiger partial charge < -0.3 is 0 Å². The molecule has 50 heavy (non-hydrogen) atoms. The van der Waals surface area contributed by atoms with E-state index >= 15 is 0 Å². The second-order valence-electron chi connectivity index (χ2n) is 13.2. The van der Waals surface area contributed by atoms with Crippen LogP contribution in [-0.4, -0.2) is 27.5 Å². The van der Waals surface area contributed by atoms with Crippen molar-refractivity contribution >= 4 is 52.3 Å². The van der Waals surface area contributed by atoms with Gasteiger partial charge in [0.1, 0.15) is 0 Å². The number of hydrogen-bond acceptors (Lipinski definition) is 4. The number of nitrogens with zero attached hydrogens (tertiary/aromatic N) is 3. The molecule has 0 N–H and O–H groups in total. The van der Waals surface area contributed by atoms with E-state index < -0.39 is 10.0 Å². The van der Waals surface area contributed by atoms with Crippen LogP contribution in [0.4, 0.5) is 0 Å². The quantitative estimate of drug-likeness (QED) is 0.186. The van der Waals surface area contributed by atoms with Crippen LogP contribution in [-0.2, 0) is 0 Å². The van der Waals surface area contributed by atoms with Crippen molar-refractivity contribution in [3.8, 4) is 56.4 Å². The Balaban J connectivity index is 1.23. The molecule has 0 spiro atoms. The molecule has 0 amide bonds. The number of aromatic nitrogens is 3. The Morgan fingerprint density at radius 2 is 1.06 bits per heavy atom. The SMILES string of the molecule is CS1(C)c2ccccc2-c2c(-c3nc(-c4ccc(-c5ccccc5)cc4)nc(-c4cccc5sc6c7ccccc7ccc6c45)n3)cccc21. The molecule has 2 aromatic heterocycles. The maximum atomic E-state index is 5.35.